The summed E-state index contributed by atoms with van der Waals surface area (Å²) < 4.78 is 14.7. The molecular weight excluding hydrogens is 429 g/mol. The summed E-state index contributed by atoms with van der Waals surface area (Å²) in [4.78, 5) is 22.2. The quantitative estimate of drug-likeness (QED) is 0.387. The van der Waals surface area contributed by atoms with Crippen molar-refractivity contribution in [1.29, 1.82) is 0 Å². The van der Waals surface area contributed by atoms with Gasteiger partial charge in [-0.2, -0.15) is 0 Å². The highest BCUT2D eigenvalue weighted by molar-refractivity contribution is 6.11. The predicted molar refractivity (Wildman–Crippen MR) is 134 cm³/mol. The molecular formula is C26H20FN7. The predicted octanol–water partition coefficient (Wildman–Crippen LogP) is 4.63. The summed E-state index contributed by atoms with van der Waals surface area (Å²) in [5.74, 6) is 0.0314. The van der Waals surface area contributed by atoms with Gasteiger partial charge in [0, 0.05) is 76.5 Å². The number of hydrogen-bond acceptors (Lipinski definition) is 7. The molecule has 166 valence electrons. The van der Waals surface area contributed by atoms with Gasteiger partial charge in [0.25, 0.3) is 0 Å². The molecule has 7 nitrogen and oxygen atoms in total. The maximum Gasteiger partial charge on any atom is 0.160 e. The number of anilines is 1. The molecule has 4 N–H and O–H groups in total. The normalized spacial score (nSPS) is 12.1. The fourth-order valence-corrected chi connectivity index (χ4v) is 3.96. The minimum absolute atomic E-state index is 0.372. The number of nitrogens with zero attached hydrogens (tertiary/aromatic N) is 5. The first-order chi connectivity index (χ1) is 16.6. The second kappa shape index (κ2) is 8.67. The number of benzene rings is 1. The number of allylic oxidation sites excluding steroid dienone is 1. The molecule has 4 aromatic heterocycles. The number of nitrogen functional groups attached to an aromatic ring is 1. The lowest BCUT2D eigenvalue weighted by Crippen LogP contribution is -1.99. The summed E-state index contributed by atoms with van der Waals surface area (Å²) in [5, 5.41) is 2.32. The number of nitrogens with two attached hydrogens (primary N) is 2. The molecule has 0 aliphatic rings. The lowest BCUT2D eigenvalue weighted by Gasteiger charge is -2.13. The molecule has 0 aliphatic heterocycles. The molecule has 5 aromatic rings. The van der Waals surface area contributed by atoms with Crippen LogP contribution < -0.4 is 11.5 Å². The van der Waals surface area contributed by atoms with E-state index >= 15 is 0 Å². The molecule has 0 spiro atoms. The third kappa shape index (κ3) is 3.61. The zero-order chi connectivity index (χ0) is 23.7. The lowest BCUT2D eigenvalue weighted by atomic mass is 9.98. The molecule has 8 heteroatoms. The van der Waals surface area contributed by atoms with Gasteiger partial charge in [0.05, 0.1) is 11.4 Å². The van der Waals surface area contributed by atoms with Crippen LogP contribution in [0.4, 0.5) is 10.2 Å². The van der Waals surface area contributed by atoms with Crippen LogP contribution in [0.1, 0.15) is 5.56 Å². The van der Waals surface area contributed by atoms with Crippen molar-refractivity contribution in [1.82, 2.24) is 19.9 Å². The highest BCUT2D eigenvalue weighted by atomic mass is 19.1. The van der Waals surface area contributed by atoms with E-state index in [1.54, 1.807) is 50.1 Å². The van der Waals surface area contributed by atoms with E-state index in [0.29, 0.717) is 34.0 Å². The molecule has 34 heavy (non-hydrogen) atoms. The largest absolute Gasteiger partial charge is 0.404 e. The van der Waals surface area contributed by atoms with Crippen molar-refractivity contribution in [2.24, 2.45) is 10.7 Å². The maximum absolute atomic E-state index is 14.7. The smallest absolute Gasteiger partial charge is 0.160 e. The van der Waals surface area contributed by atoms with Gasteiger partial charge in [-0.25, -0.2) is 19.3 Å². The molecule has 5 rings (SSSR count). The van der Waals surface area contributed by atoms with E-state index in [-0.39, 0.29) is 5.82 Å². The third-order valence-corrected chi connectivity index (χ3v) is 5.57. The molecule has 0 fully saturated rings. The Morgan fingerprint density at radius 3 is 2.53 bits per heavy atom. The van der Waals surface area contributed by atoms with Gasteiger partial charge in [-0.3, -0.25) is 9.98 Å². The molecule has 0 amide bonds. The van der Waals surface area contributed by atoms with Crippen molar-refractivity contribution in [3.63, 3.8) is 0 Å². The first kappa shape index (κ1) is 21.1. The molecule has 0 bridgehead atoms. The highest BCUT2D eigenvalue weighted by Crippen LogP contribution is 2.36. The Hall–Kier alpha value is -4.72. The van der Waals surface area contributed by atoms with E-state index < -0.39 is 0 Å². The van der Waals surface area contributed by atoms with E-state index in [1.165, 1.54) is 12.3 Å². The van der Waals surface area contributed by atoms with Crippen molar-refractivity contribution in [2.75, 3.05) is 12.8 Å². The van der Waals surface area contributed by atoms with Gasteiger partial charge in [-0.15, -0.1) is 0 Å². The van der Waals surface area contributed by atoms with E-state index in [0.717, 1.165) is 27.3 Å². The fourth-order valence-electron chi connectivity index (χ4n) is 3.96. The van der Waals surface area contributed by atoms with Crippen LogP contribution in [0.5, 0.6) is 0 Å². The Morgan fingerprint density at radius 2 is 1.74 bits per heavy atom. The summed E-state index contributed by atoms with van der Waals surface area (Å²) in [6.45, 7) is 0. The van der Waals surface area contributed by atoms with Gasteiger partial charge in [0.2, 0.25) is 0 Å². The van der Waals surface area contributed by atoms with Crippen LogP contribution >= 0.6 is 0 Å². The van der Waals surface area contributed by atoms with Crippen LogP contribution in [0.15, 0.2) is 78.3 Å². The van der Waals surface area contributed by atoms with E-state index in [2.05, 4.69) is 24.9 Å². The standard InChI is InChI=1S/C26H20FN7/c1-30-13-16(12-28)15-10-21-20(24-17-6-9-32-25(29)18(17)7-8-31-24)11-23(34-26(21)33-14-15)19-4-2-3-5-22(19)27/h2-14H,28H2,1H3,(H2,29,32). The van der Waals surface area contributed by atoms with Crippen LogP contribution in [0.3, 0.4) is 0 Å². The SMILES string of the molecule is CN=CC(=CN)c1cnc2nc(-c3ccccc3F)cc(-c3nccc4c(N)nccc34)c2c1. The van der Waals surface area contributed by atoms with Crippen molar-refractivity contribution < 1.29 is 4.39 Å². The summed E-state index contributed by atoms with van der Waals surface area (Å²) in [6.07, 6.45) is 8.12. The minimum atomic E-state index is -0.372. The number of pyridine rings is 4. The minimum Gasteiger partial charge on any atom is -0.404 e. The van der Waals surface area contributed by atoms with Crippen LogP contribution in [-0.2, 0) is 0 Å². The van der Waals surface area contributed by atoms with Gasteiger partial charge in [0.15, 0.2) is 5.65 Å². The molecule has 0 radical (unpaired) electrons. The molecule has 0 atom stereocenters. The van der Waals surface area contributed by atoms with Crippen molar-refractivity contribution in [3.05, 3.63) is 84.7 Å². The van der Waals surface area contributed by atoms with Crippen LogP contribution in [0, 0.1) is 5.82 Å². The van der Waals surface area contributed by atoms with Crippen LogP contribution in [0.25, 0.3) is 49.9 Å². The summed E-state index contributed by atoms with van der Waals surface area (Å²) in [6, 6.07) is 13.9. The maximum atomic E-state index is 14.7. The van der Waals surface area contributed by atoms with Gasteiger partial charge >= 0.3 is 0 Å². The zero-order valence-corrected chi connectivity index (χ0v) is 18.3. The Kier molecular flexibility index (Phi) is 5.39. The topological polar surface area (TPSA) is 116 Å². The lowest BCUT2D eigenvalue weighted by molar-refractivity contribution is 0.631. The van der Waals surface area contributed by atoms with Crippen LogP contribution in [-0.4, -0.2) is 33.2 Å². The average Bonchev–Trinajstić information content (AvgIpc) is 2.86. The summed E-state index contributed by atoms with van der Waals surface area (Å²) >= 11 is 0. The fraction of sp³-hybridized carbons (Fsp3) is 0.0385. The second-order valence-corrected chi connectivity index (χ2v) is 7.59. The zero-order valence-electron chi connectivity index (χ0n) is 18.3. The van der Waals surface area contributed by atoms with Crippen molar-refractivity contribution in [2.45, 2.75) is 0 Å². The van der Waals surface area contributed by atoms with Gasteiger partial charge < -0.3 is 11.5 Å². The van der Waals surface area contributed by atoms with E-state index in [9.17, 15) is 4.39 Å². The Labute approximate surface area is 194 Å². The number of aromatic nitrogens is 4. The number of halogens is 1. The molecule has 1 aromatic carbocycles. The molecule has 0 saturated carbocycles. The summed E-state index contributed by atoms with van der Waals surface area (Å²) in [7, 11) is 1.67. The number of hydrogen-bond donors (Lipinski definition) is 2. The first-order valence-corrected chi connectivity index (χ1v) is 10.5. The van der Waals surface area contributed by atoms with E-state index in [1.807, 2.05) is 24.3 Å². The Balaban J connectivity index is 1.87. The molecule has 0 saturated heterocycles. The first-order valence-electron chi connectivity index (χ1n) is 10.5. The summed E-state index contributed by atoms with van der Waals surface area (Å²) in [5.41, 5.74) is 16.1. The third-order valence-electron chi connectivity index (χ3n) is 5.57. The Bertz CT molecular complexity index is 1610. The van der Waals surface area contributed by atoms with Crippen molar-refractivity contribution >= 4 is 39.4 Å². The van der Waals surface area contributed by atoms with Gasteiger partial charge in [0.1, 0.15) is 11.6 Å². The van der Waals surface area contributed by atoms with Crippen molar-refractivity contribution in [3.8, 4) is 22.5 Å². The monoisotopic (exact) mass is 449 g/mol. The second-order valence-electron chi connectivity index (χ2n) is 7.59. The average molecular weight is 449 g/mol. The number of fused-ring (bicyclic) bond motifs is 2. The Morgan fingerprint density at radius 1 is 0.941 bits per heavy atom. The van der Waals surface area contributed by atoms with Gasteiger partial charge in [-0.1, -0.05) is 12.1 Å². The highest BCUT2D eigenvalue weighted by Gasteiger charge is 2.17. The van der Waals surface area contributed by atoms with Gasteiger partial charge in [-0.05, 0) is 36.4 Å². The van der Waals surface area contributed by atoms with E-state index in [4.69, 9.17) is 11.5 Å². The molecule has 0 unspecified atom stereocenters. The molecule has 4 heterocycles. The molecule has 0 aliphatic carbocycles. The number of aliphatic imine (C=N–C) groups is 1. The van der Waals surface area contributed by atoms with Crippen LogP contribution in [0.2, 0.25) is 0 Å². The number of rotatable bonds is 4.